The molecule has 2 aliphatic heterocycles. The van der Waals surface area contributed by atoms with Crippen LogP contribution in [0.3, 0.4) is 0 Å². The molecule has 0 radical (unpaired) electrons. The lowest BCUT2D eigenvalue weighted by Gasteiger charge is -2.33. The van der Waals surface area contributed by atoms with Crippen LogP contribution in [0.25, 0.3) is 10.8 Å². The van der Waals surface area contributed by atoms with E-state index in [1.807, 2.05) is 24.1 Å². The summed E-state index contributed by atoms with van der Waals surface area (Å²) in [6.45, 7) is 7.26. The number of likely N-dealkylation sites (N-methyl/N-ethyl adjacent to an activating group) is 1. The highest BCUT2D eigenvalue weighted by Gasteiger charge is 2.27. The van der Waals surface area contributed by atoms with Gasteiger partial charge in [-0.25, -0.2) is 0 Å². The summed E-state index contributed by atoms with van der Waals surface area (Å²) < 4.78 is 6.18. The summed E-state index contributed by atoms with van der Waals surface area (Å²) in [6.07, 6.45) is 4.86. The van der Waals surface area contributed by atoms with Crippen molar-refractivity contribution >= 4 is 39.7 Å². The number of carbonyl (C=O) groups is 1. The Morgan fingerprint density at radius 1 is 1.24 bits per heavy atom. The van der Waals surface area contributed by atoms with Gasteiger partial charge < -0.3 is 19.4 Å². The molecule has 3 aromatic rings. The standard InChI is InChI=1S/C29H34ClN5O2/c1-4-22(36)13-16-34(3)28-23-14-17-35(26-12-6-9-20-8-5-11-24(30)27(20)26)18-25(23)31-29(32-28)37-19-21-10-7-15-33(21)2/h4-6,8-9,11-12,21H,1,7,10,13-19H2,2-3H3/t21-/m0/s1. The molecule has 0 bridgehead atoms. The van der Waals surface area contributed by atoms with Gasteiger partial charge in [0.05, 0.1) is 17.3 Å². The molecule has 0 saturated carbocycles. The maximum absolute atomic E-state index is 11.9. The van der Waals surface area contributed by atoms with E-state index in [-0.39, 0.29) is 5.78 Å². The Labute approximate surface area is 223 Å². The zero-order valence-electron chi connectivity index (χ0n) is 21.6. The minimum absolute atomic E-state index is 0.0227. The number of hydrogen-bond donors (Lipinski definition) is 0. The summed E-state index contributed by atoms with van der Waals surface area (Å²) >= 11 is 6.64. The predicted octanol–water partition coefficient (Wildman–Crippen LogP) is 4.90. The second kappa shape index (κ2) is 11.1. The van der Waals surface area contributed by atoms with E-state index in [0.29, 0.717) is 38.2 Å². The van der Waals surface area contributed by atoms with Gasteiger partial charge >= 0.3 is 6.01 Å². The van der Waals surface area contributed by atoms with Crippen molar-refractivity contribution < 1.29 is 9.53 Å². The second-order valence-corrected chi connectivity index (χ2v) is 10.4. The van der Waals surface area contributed by atoms with Crippen molar-refractivity contribution in [2.24, 2.45) is 0 Å². The molecule has 0 aliphatic carbocycles. The van der Waals surface area contributed by atoms with Crippen molar-refractivity contribution in [1.29, 1.82) is 0 Å². The molecule has 37 heavy (non-hydrogen) atoms. The van der Waals surface area contributed by atoms with Gasteiger partial charge in [-0.05, 0) is 56.4 Å². The number of hydrogen-bond acceptors (Lipinski definition) is 7. The molecule has 8 heteroatoms. The third-order valence-electron chi connectivity index (χ3n) is 7.55. The predicted molar refractivity (Wildman–Crippen MR) is 150 cm³/mol. The van der Waals surface area contributed by atoms with Crippen molar-refractivity contribution in [3.8, 4) is 6.01 Å². The minimum Gasteiger partial charge on any atom is -0.462 e. The molecule has 7 nitrogen and oxygen atoms in total. The van der Waals surface area contributed by atoms with Gasteiger partial charge in [0.2, 0.25) is 0 Å². The number of aromatic nitrogens is 2. The molecule has 2 aromatic carbocycles. The Bertz CT molecular complexity index is 1310. The molecule has 1 atom stereocenters. The van der Waals surface area contributed by atoms with E-state index in [1.165, 1.54) is 12.5 Å². The fourth-order valence-electron chi connectivity index (χ4n) is 5.36. The smallest absolute Gasteiger partial charge is 0.318 e. The van der Waals surface area contributed by atoms with Crippen molar-refractivity contribution in [1.82, 2.24) is 14.9 Å². The molecule has 0 amide bonds. The van der Waals surface area contributed by atoms with E-state index >= 15 is 0 Å². The van der Waals surface area contributed by atoms with Gasteiger partial charge in [-0.3, -0.25) is 4.79 Å². The number of ketones is 1. The second-order valence-electron chi connectivity index (χ2n) is 9.97. The molecule has 0 spiro atoms. The van der Waals surface area contributed by atoms with E-state index in [1.54, 1.807) is 0 Å². The number of anilines is 2. The van der Waals surface area contributed by atoms with Gasteiger partial charge in [0.15, 0.2) is 5.78 Å². The molecule has 2 aliphatic rings. The number of carbonyl (C=O) groups excluding carboxylic acids is 1. The number of halogens is 1. The van der Waals surface area contributed by atoms with Crippen molar-refractivity contribution in [2.75, 3.05) is 50.1 Å². The van der Waals surface area contributed by atoms with E-state index in [2.05, 4.69) is 47.7 Å². The highest BCUT2D eigenvalue weighted by atomic mass is 35.5. The van der Waals surface area contributed by atoms with Crippen LogP contribution in [0, 0.1) is 0 Å². The van der Waals surface area contributed by atoms with E-state index in [9.17, 15) is 4.79 Å². The molecule has 1 saturated heterocycles. The van der Waals surface area contributed by atoms with E-state index < -0.39 is 0 Å². The molecule has 5 rings (SSSR count). The first-order chi connectivity index (χ1) is 17.9. The van der Waals surface area contributed by atoms with Crippen LogP contribution >= 0.6 is 11.6 Å². The minimum atomic E-state index is 0.0227. The van der Waals surface area contributed by atoms with Gasteiger partial charge in [0.1, 0.15) is 12.4 Å². The van der Waals surface area contributed by atoms with Crippen LogP contribution in [-0.2, 0) is 17.8 Å². The maximum atomic E-state index is 11.9. The number of likely N-dealkylation sites (tertiary alicyclic amines) is 1. The molecule has 194 valence electrons. The molecule has 0 N–H and O–H groups in total. The average Bonchev–Trinajstić information content (AvgIpc) is 3.33. The van der Waals surface area contributed by atoms with Gasteiger partial charge in [0.25, 0.3) is 0 Å². The number of rotatable bonds is 9. The van der Waals surface area contributed by atoms with Crippen LogP contribution in [0.4, 0.5) is 11.5 Å². The first-order valence-corrected chi connectivity index (χ1v) is 13.3. The quantitative estimate of drug-likeness (QED) is 0.372. The topological polar surface area (TPSA) is 61.8 Å². The molecular formula is C29H34ClN5O2. The Balaban J connectivity index is 1.46. The first kappa shape index (κ1) is 25.5. The van der Waals surface area contributed by atoms with Crippen molar-refractivity contribution in [3.63, 3.8) is 0 Å². The van der Waals surface area contributed by atoms with Gasteiger partial charge in [-0.1, -0.05) is 42.4 Å². The zero-order chi connectivity index (χ0) is 25.9. The number of nitrogens with zero attached hydrogens (tertiary/aromatic N) is 5. The van der Waals surface area contributed by atoms with Crippen LogP contribution < -0.4 is 14.5 Å². The highest BCUT2D eigenvalue weighted by Crippen LogP contribution is 2.36. The van der Waals surface area contributed by atoms with Crippen molar-refractivity contribution in [2.45, 2.75) is 38.3 Å². The van der Waals surface area contributed by atoms with Crippen LogP contribution in [-0.4, -0.2) is 67.0 Å². The van der Waals surface area contributed by atoms with Crippen LogP contribution in [0.15, 0.2) is 49.1 Å². The maximum Gasteiger partial charge on any atom is 0.318 e. The molecule has 0 unspecified atom stereocenters. The average molecular weight is 520 g/mol. The Kier molecular flexibility index (Phi) is 7.63. The fraction of sp³-hybridized carbons (Fsp3) is 0.414. The number of allylic oxidation sites excluding steroid dienone is 1. The summed E-state index contributed by atoms with van der Waals surface area (Å²) in [6, 6.07) is 13.1. The molecule has 1 aromatic heterocycles. The third-order valence-corrected chi connectivity index (χ3v) is 7.87. The Morgan fingerprint density at radius 2 is 2.05 bits per heavy atom. The highest BCUT2D eigenvalue weighted by molar-refractivity contribution is 6.36. The lowest BCUT2D eigenvalue weighted by atomic mass is 10.0. The molecular weight excluding hydrogens is 486 g/mol. The number of benzene rings is 2. The first-order valence-electron chi connectivity index (χ1n) is 13.0. The molecule has 1 fully saturated rings. The van der Waals surface area contributed by atoms with Crippen LogP contribution in [0.2, 0.25) is 5.02 Å². The monoisotopic (exact) mass is 519 g/mol. The Hall–Kier alpha value is -3.16. The zero-order valence-corrected chi connectivity index (χ0v) is 22.4. The number of ether oxygens (including phenoxy) is 1. The Morgan fingerprint density at radius 3 is 2.81 bits per heavy atom. The van der Waals surface area contributed by atoms with Crippen LogP contribution in [0.1, 0.15) is 30.5 Å². The van der Waals surface area contributed by atoms with Gasteiger partial charge in [-0.15, -0.1) is 0 Å². The summed E-state index contributed by atoms with van der Waals surface area (Å²) in [4.78, 5) is 28.3. The van der Waals surface area contributed by atoms with Crippen molar-refractivity contribution in [3.05, 3.63) is 65.3 Å². The number of fused-ring (bicyclic) bond motifs is 2. The molecule has 3 heterocycles. The fourth-order valence-corrected chi connectivity index (χ4v) is 5.64. The van der Waals surface area contributed by atoms with Gasteiger partial charge in [0, 0.05) is 49.2 Å². The van der Waals surface area contributed by atoms with E-state index in [0.717, 1.165) is 64.5 Å². The van der Waals surface area contributed by atoms with Gasteiger partial charge in [-0.2, -0.15) is 9.97 Å². The summed E-state index contributed by atoms with van der Waals surface area (Å²) in [5, 5.41) is 2.93. The summed E-state index contributed by atoms with van der Waals surface area (Å²) in [7, 11) is 4.11. The van der Waals surface area contributed by atoms with E-state index in [4.69, 9.17) is 26.3 Å². The lowest BCUT2D eigenvalue weighted by molar-refractivity contribution is -0.114. The van der Waals surface area contributed by atoms with Crippen LogP contribution in [0.5, 0.6) is 6.01 Å². The SMILES string of the molecule is C=CC(=O)CCN(C)c1nc(OC[C@@H]2CCCN2C)nc2c1CCN(c1cccc3cccc(Cl)c13)C2. The summed E-state index contributed by atoms with van der Waals surface area (Å²) in [5.41, 5.74) is 3.17. The lowest BCUT2D eigenvalue weighted by Crippen LogP contribution is -2.34. The summed E-state index contributed by atoms with van der Waals surface area (Å²) in [5.74, 6) is 0.863. The third kappa shape index (κ3) is 5.43. The largest absolute Gasteiger partial charge is 0.462 e. The normalized spacial score (nSPS) is 17.6.